The van der Waals surface area contributed by atoms with Crippen molar-refractivity contribution in [1.29, 1.82) is 0 Å². The van der Waals surface area contributed by atoms with Gasteiger partial charge < -0.3 is 14.8 Å². The van der Waals surface area contributed by atoms with Crippen molar-refractivity contribution < 1.29 is 14.3 Å². The van der Waals surface area contributed by atoms with Crippen molar-refractivity contribution in [3.8, 4) is 0 Å². The van der Waals surface area contributed by atoms with Gasteiger partial charge in [0, 0.05) is 13.0 Å². The van der Waals surface area contributed by atoms with Crippen LogP contribution in [0.25, 0.3) is 0 Å². The summed E-state index contributed by atoms with van der Waals surface area (Å²) in [4.78, 5) is 11.8. The Morgan fingerprint density at radius 3 is 2.47 bits per heavy atom. The zero-order valence-electron chi connectivity index (χ0n) is 13.3. The van der Waals surface area contributed by atoms with E-state index in [9.17, 15) is 4.79 Å². The second-order valence-electron chi connectivity index (χ2n) is 5.30. The third-order valence-electron chi connectivity index (χ3n) is 3.30. The molecule has 0 aliphatic rings. The fraction of sp³-hybridized carbons (Fsp3) is 0.933. The summed E-state index contributed by atoms with van der Waals surface area (Å²) < 4.78 is 10.6. The molecular weight excluding hydrogens is 242 g/mol. The second-order valence-corrected chi connectivity index (χ2v) is 5.30. The molecule has 0 saturated carbocycles. The Labute approximate surface area is 118 Å². The Morgan fingerprint density at radius 1 is 1.26 bits per heavy atom. The van der Waals surface area contributed by atoms with Gasteiger partial charge in [0.15, 0.2) is 0 Å². The normalized spacial score (nSPS) is 15.8. The Hall–Kier alpha value is -0.610. The number of unbranched alkanes of at least 4 members (excludes halogenated alkanes) is 3. The van der Waals surface area contributed by atoms with E-state index < -0.39 is 5.54 Å². The number of nitrogens with one attached hydrogen (secondary N) is 1. The summed E-state index contributed by atoms with van der Waals surface area (Å²) in [6, 6.07) is 0. The smallest absolute Gasteiger partial charge is 0.325 e. The third-order valence-corrected chi connectivity index (χ3v) is 3.30. The van der Waals surface area contributed by atoms with E-state index in [-0.39, 0.29) is 12.1 Å². The van der Waals surface area contributed by atoms with Crippen LogP contribution in [0.3, 0.4) is 0 Å². The van der Waals surface area contributed by atoms with E-state index in [1.54, 1.807) is 0 Å². The molecule has 0 aromatic rings. The van der Waals surface area contributed by atoms with Gasteiger partial charge in [-0.15, -0.1) is 0 Å². The van der Waals surface area contributed by atoms with Gasteiger partial charge in [0.2, 0.25) is 0 Å². The molecule has 2 atom stereocenters. The highest BCUT2D eigenvalue weighted by Gasteiger charge is 2.35. The molecule has 2 unspecified atom stereocenters. The molecule has 0 heterocycles. The van der Waals surface area contributed by atoms with Gasteiger partial charge in [-0.05, 0) is 26.8 Å². The van der Waals surface area contributed by atoms with Gasteiger partial charge in [0.1, 0.15) is 5.54 Å². The molecule has 0 bridgehead atoms. The van der Waals surface area contributed by atoms with E-state index in [2.05, 4.69) is 12.2 Å². The van der Waals surface area contributed by atoms with E-state index in [1.807, 2.05) is 20.8 Å². The molecule has 0 aromatic carbocycles. The highest BCUT2D eigenvalue weighted by molar-refractivity contribution is 5.80. The fourth-order valence-electron chi connectivity index (χ4n) is 2.29. The van der Waals surface area contributed by atoms with Crippen LogP contribution in [0.2, 0.25) is 0 Å². The van der Waals surface area contributed by atoms with E-state index in [1.165, 1.54) is 26.4 Å². The van der Waals surface area contributed by atoms with Crippen LogP contribution < -0.4 is 5.32 Å². The van der Waals surface area contributed by atoms with E-state index in [0.717, 1.165) is 19.6 Å². The lowest BCUT2D eigenvalue weighted by Crippen LogP contribution is -2.52. The Morgan fingerprint density at radius 2 is 1.95 bits per heavy atom. The van der Waals surface area contributed by atoms with Crippen LogP contribution in [0.1, 0.15) is 59.8 Å². The zero-order chi connectivity index (χ0) is 14.7. The lowest BCUT2D eigenvalue weighted by Gasteiger charge is -2.30. The van der Waals surface area contributed by atoms with Crippen LogP contribution in [0.5, 0.6) is 0 Å². The number of ether oxygens (including phenoxy) is 2. The number of esters is 1. The first-order chi connectivity index (χ1) is 9.00. The molecule has 4 heteroatoms. The van der Waals surface area contributed by atoms with Gasteiger partial charge >= 0.3 is 5.97 Å². The van der Waals surface area contributed by atoms with Gasteiger partial charge in [-0.25, -0.2) is 0 Å². The SMILES string of the molecule is CCCCCCOC(C)CC(C)(NCC)C(=O)OC. The molecule has 1 N–H and O–H groups in total. The molecule has 0 rings (SSSR count). The number of methoxy groups -OCH3 is 1. The lowest BCUT2D eigenvalue weighted by molar-refractivity contribution is -0.149. The monoisotopic (exact) mass is 273 g/mol. The molecule has 0 fully saturated rings. The number of likely N-dealkylation sites (N-methyl/N-ethyl adjacent to an activating group) is 1. The van der Waals surface area contributed by atoms with Gasteiger partial charge in [-0.3, -0.25) is 4.79 Å². The average molecular weight is 273 g/mol. The predicted octanol–water partition coefficient (Wildman–Crippen LogP) is 2.90. The van der Waals surface area contributed by atoms with E-state index in [0.29, 0.717) is 6.42 Å². The summed E-state index contributed by atoms with van der Waals surface area (Å²) in [5, 5.41) is 3.20. The standard InChI is InChI=1S/C15H31NO3/c1-6-8-9-10-11-19-13(3)12-15(4,16-7-2)14(17)18-5/h13,16H,6-12H2,1-5H3. The van der Waals surface area contributed by atoms with E-state index >= 15 is 0 Å². The number of hydrogen-bond acceptors (Lipinski definition) is 4. The number of carbonyl (C=O) groups excluding carboxylic acids is 1. The summed E-state index contributed by atoms with van der Waals surface area (Å²) in [5.41, 5.74) is -0.660. The van der Waals surface area contributed by atoms with Crippen LogP contribution in [0.15, 0.2) is 0 Å². The molecule has 19 heavy (non-hydrogen) atoms. The van der Waals surface area contributed by atoms with Crippen molar-refractivity contribution in [3.05, 3.63) is 0 Å². The molecule has 0 aromatic heterocycles. The van der Waals surface area contributed by atoms with Crippen molar-refractivity contribution in [2.75, 3.05) is 20.3 Å². The maximum Gasteiger partial charge on any atom is 0.325 e. The van der Waals surface area contributed by atoms with Crippen molar-refractivity contribution >= 4 is 5.97 Å². The van der Waals surface area contributed by atoms with Gasteiger partial charge in [-0.1, -0.05) is 33.1 Å². The molecule has 0 amide bonds. The summed E-state index contributed by atoms with van der Waals surface area (Å²) in [7, 11) is 1.42. The average Bonchev–Trinajstić information content (AvgIpc) is 2.37. The predicted molar refractivity (Wildman–Crippen MR) is 78.3 cm³/mol. The van der Waals surface area contributed by atoms with Crippen molar-refractivity contribution in [2.45, 2.75) is 71.4 Å². The summed E-state index contributed by atoms with van der Waals surface area (Å²) in [6.07, 6.45) is 5.47. The number of rotatable bonds is 11. The first-order valence-electron chi connectivity index (χ1n) is 7.45. The van der Waals surface area contributed by atoms with Crippen LogP contribution >= 0.6 is 0 Å². The molecular formula is C15H31NO3. The third kappa shape index (κ3) is 7.53. The lowest BCUT2D eigenvalue weighted by atomic mass is 9.94. The molecule has 0 aliphatic carbocycles. The largest absolute Gasteiger partial charge is 0.468 e. The van der Waals surface area contributed by atoms with E-state index in [4.69, 9.17) is 9.47 Å². The molecule has 0 aliphatic heterocycles. The van der Waals surface area contributed by atoms with Crippen LogP contribution in [-0.4, -0.2) is 37.9 Å². The molecule has 0 spiro atoms. The van der Waals surface area contributed by atoms with Crippen LogP contribution in [0, 0.1) is 0 Å². The zero-order valence-corrected chi connectivity index (χ0v) is 13.3. The molecule has 0 saturated heterocycles. The van der Waals surface area contributed by atoms with Crippen molar-refractivity contribution in [1.82, 2.24) is 5.32 Å². The Bertz CT molecular complexity index is 246. The topological polar surface area (TPSA) is 47.6 Å². The highest BCUT2D eigenvalue weighted by Crippen LogP contribution is 2.17. The number of carbonyl (C=O) groups is 1. The summed E-state index contributed by atoms with van der Waals surface area (Å²) >= 11 is 0. The van der Waals surface area contributed by atoms with Gasteiger partial charge in [0.25, 0.3) is 0 Å². The summed E-state index contributed by atoms with van der Waals surface area (Å²) in [6.45, 7) is 9.57. The Balaban J connectivity index is 4.10. The molecule has 0 radical (unpaired) electrons. The Kier molecular flexibility index (Phi) is 9.88. The maximum atomic E-state index is 11.8. The quantitative estimate of drug-likeness (QED) is 0.464. The first-order valence-corrected chi connectivity index (χ1v) is 7.45. The minimum atomic E-state index is -0.660. The van der Waals surface area contributed by atoms with Crippen LogP contribution in [0.4, 0.5) is 0 Å². The number of hydrogen-bond donors (Lipinski definition) is 1. The minimum Gasteiger partial charge on any atom is -0.468 e. The fourth-order valence-corrected chi connectivity index (χ4v) is 2.29. The van der Waals surface area contributed by atoms with Crippen molar-refractivity contribution in [3.63, 3.8) is 0 Å². The minimum absolute atomic E-state index is 0.0461. The first kappa shape index (κ1) is 18.4. The molecule has 114 valence electrons. The highest BCUT2D eigenvalue weighted by atomic mass is 16.5. The maximum absolute atomic E-state index is 11.8. The molecule has 4 nitrogen and oxygen atoms in total. The van der Waals surface area contributed by atoms with Crippen molar-refractivity contribution in [2.24, 2.45) is 0 Å². The van der Waals surface area contributed by atoms with Gasteiger partial charge in [-0.2, -0.15) is 0 Å². The summed E-state index contributed by atoms with van der Waals surface area (Å²) in [5.74, 6) is -0.226. The van der Waals surface area contributed by atoms with Gasteiger partial charge in [0.05, 0.1) is 13.2 Å². The second kappa shape index (κ2) is 10.2. The van der Waals surface area contributed by atoms with Crippen LogP contribution in [-0.2, 0) is 14.3 Å².